The molecular weight excluding hydrogens is 833 g/mol. The van der Waals surface area contributed by atoms with Gasteiger partial charge in [0.15, 0.2) is 0 Å². The van der Waals surface area contributed by atoms with Crippen molar-refractivity contribution in [1.29, 1.82) is 0 Å². The summed E-state index contributed by atoms with van der Waals surface area (Å²) >= 11 is 6.46. The van der Waals surface area contributed by atoms with Crippen LogP contribution in [0, 0.1) is 29.5 Å². The van der Waals surface area contributed by atoms with Gasteiger partial charge < -0.3 is 14.6 Å². The molecule has 0 bridgehead atoms. The van der Waals surface area contributed by atoms with Gasteiger partial charge in [-0.3, -0.25) is 29.5 Å². The van der Waals surface area contributed by atoms with Gasteiger partial charge in [0.1, 0.15) is 23.1 Å². The van der Waals surface area contributed by atoms with Crippen molar-refractivity contribution in [3.8, 4) is 17.2 Å². The van der Waals surface area contributed by atoms with E-state index < -0.39 is 52.6 Å². The summed E-state index contributed by atoms with van der Waals surface area (Å²) in [4.78, 5) is 61.4. The van der Waals surface area contributed by atoms with Crippen molar-refractivity contribution in [2.24, 2.45) is 23.7 Å². The second kappa shape index (κ2) is 15.8. The van der Waals surface area contributed by atoms with Crippen molar-refractivity contribution >= 4 is 69.5 Å². The minimum absolute atomic E-state index is 0.0451. The van der Waals surface area contributed by atoms with E-state index in [9.17, 15) is 19.1 Å². The molecule has 2 aliphatic heterocycles. The number of phenolic OH excluding ortho intramolecular Hbond substituents is 1. The zero-order valence-corrected chi connectivity index (χ0v) is 35.5. The number of allylic oxidation sites excluding steroid dienone is 2. The van der Waals surface area contributed by atoms with Crippen molar-refractivity contribution in [2.45, 2.75) is 24.2 Å². The topological polar surface area (TPSA) is 125 Å². The lowest BCUT2D eigenvalue weighted by atomic mass is 9.49. The number of nitrogens with zero attached hydrogens (tertiary/aromatic N) is 2. The molecule has 0 spiro atoms. The van der Waals surface area contributed by atoms with Crippen molar-refractivity contribution < 1.29 is 38.1 Å². The summed E-state index contributed by atoms with van der Waals surface area (Å²) in [5.41, 5.74) is 5.79. The lowest BCUT2D eigenvalue weighted by Crippen LogP contribution is -2.53. The molecule has 2 aliphatic carbocycles. The Balaban J connectivity index is 1.08. The standard InChI is InChI=1S/C52H41ClFN3O7/c1-63-36-21-26-45(64-2)30(27-36)10-7-29-8-19-35(20-9-29)56-48(59)41-23-22-40-42(46(41)50(56)61)28-43-49(60)57(55-34-17-15-33(54)16-18-34)51(62)52(43,31-11-13-32(53)14-12-31)47(40)39-24-25-44(58)38-6-4-3-5-37(38)39/h3-22,24-27,41-43,46-47,55,58H,23,28H2,1-2H3/t41-,42+,43-,46-,47-,52+/m0/s1. The highest BCUT2D eigenvalue weighted by Crippen LogP contribution is 2.65. The molecule has 2 heterocycles. The number of imide groups is 2. The molecule has 12 heteroatoms. The van der Waals surface area contributed by atoms with E-state index >= 15 is 9.59 Å². The zero-order chi connectivity index (χ0) is 44.4. The van der Waals surface area contributed by atoms with Crippen molar-refractivity contribution in [2.75, 3.05) is 24.5 Å². The summed E-state index contributed by atoms with van der Waals surface area (Å²) in [6.45, 7) is 0. The predicted molar refractivity (Wildman–Crippen MR) is 242 cm³/mol. The number of nitrogens with one attached hydrogen (secondary N) is 1. The first-order chi connectivity index (χ1) is 31.0. The lowest BCUT2D eigenvalue weighted by Gasteiger charge is -2.51. The smallest absolute Gasteiger partial charge is 0.260 e. The highest BCUT2D eigenvalue weighted by molar-refractivity contribution is 6.30. The lowest BCUT2D eigenvalue weighted by molar-refractivity contribution is -0.138. The normalized spacial score (nSPS) is 23.9. The Labute approximate surface area is 373 Å². The number of hydrogen-bond donors (Lipinski definition) is 2. The molecule has 0 aromatic heterocycles. The molecular formula is C52H41ClFN3O7. The number of hydrogen-bond acceptors (Lipinski definition) is 8. The molecule has 320 valence electrons. The van der Waals surface area contributed by atoms with Gasteiger partial charge in [0, 0.05) is 21.9 Å². The fourth-order valence-corrected chi connectivity index (χ4v) is 10.8. The van der Waals surface area contributed by atoms with Gasteiger partial charge in [-0.2, -0.15) is 5.01 Å². The summed E-state index contributed by atoms with van der Waals surface area (Å²) in [5, 5.41) is 13.8. The Kier molecular flexibility index (Phi) is 10.1. The third-order valence-corrected chi connectivity index (χ3v) is 13.8. The van der Waals surface area contributed by atoms with Gasteiger partial charge in [-0.25, -0.2) is 4.39 Å². The molecule has 4 aliphatic rings. The molecule has 64 heavy (non-hydrogen) atoms. The summed E-state index contributed by atoms with van der Waals surface area (Å²) < 4.78 is 25.0. The second-order valence-corrected chi connectivity index (χ2v) is 17.1. The van der Waals surface area contributed by atoms with Crippen molar-refractivity contribution in [3.05, 3.63) is 172 Å². The van der Waals surface area contributed by atoms with E-state index in [-0.39, 0.29) is 30.4 Å². The number of carbonyl (C=O) groups is 4. The predicted octanol–water partition coefficient (Wildman–Crippen LogP) is 9.71. The summed E-state index contributed by atoms with van der Waals surface area (Å²) in [6, 6.07) is 35.7. The van der Waals surface area contributed by atoms with Gasteiger partial charge in [-0.15, -0.1) is 0 Å². The van der Waals surface area contributed by atoms with Crippen LogP contribution in [0.15, 0.2) is 139 Å². The van der Waals surface area contributed by atoms with Gasteiger partial charge >= 0.3 is 0 Å². The van der Waals surface area contributed by atoms with Crippen LogP contribution in [-0.2, 0) is 24.6 Å². The van der Waals surface area contributed by atoms with Crippen LogP contribution in [0.5, 0.6) is 17.2 Å². The third kappa shape index (κ3) is 6.36. The van der Waals surface area contributed by atoms with Crippen LogP contribution in [0.3, 0.4) is 0 Å². The van der Waals surface area contributed by atoms with Crippen LogP contribution in [-0.4, -0.2) is 48.0 Å². The number of phenols is 1. The van der Waals surface area contributed by atoms with Crippen LogP contribution in [0.4, 0.5) is 15.8 Å². The summed E-state index contributed by atoms with van der Waals surface area (Å²) in [7, 11) is 3.19. The van der Waals surface area contributed by atoms with Gasteiger partial charge in [-0.1, -0.05) is 90.0 Å². The maximum Gasteiger partial charge on any atom is 0.260 e. The molecule has 10 nitrogen and oxygen atoms in total. The fourth-order valence-electron chi connectivity index (χ4n) is 10.7. The zero-order valence-electron chi connectivity index (χ0n) is 34.7. The average Bonchev–Trinajstić information content (AvgIpc) is 3.70. The highest BCUT2D eigenvalue weighted by Gasteiger charge is 2.70. The Bertz CT molecular complexity index is 2950. The summed E-state index contributed by atoms with van der Waals surface area (Å²) in [5.74, 6) is -4.87. The quantitative estimate of drug-likeness (QED) is 0.0836. The molecule has 4 amide bonds. The maximum atomic E-state index is 15.6. The van der Waals surface area contributed by atoms with E-state index in [4.69, 9.17) is 21.1 Å². The third-order valence-electron chi connectivity index (χ3n) is 13.5. The monoisotopic (exact) mass is 873 g/mol. The van der Waals surface area contributed by atoms with E-state index in [1.807, 2.05) is 66.8 Å². The number of hydrazine groups is 1. The van der Waals surface area contributed by atoms with Gasteiger partial charge in [0.25, 0.3) is 11.8 Å². The minimum atomic E-state index is -1.58. The van der Waals surface area contributed by atoms with Crippen LogP contribution < -0.4 is 19.8 Å². The number of ether oxygens (including phenoxy) is 2. The number of carbonyl (C=O) groups excluding carboxylic acids is 4. The number of fused-ring (bicyclic) bond motifs is 5. The van der Waals surface area contributed by atoms with E-state index in [2.05, 4.69) is 5.43 Å². The molecule has 2 N–H and O–H groups in total. The first-order valence-electron chi connectivity index (χ1n) is 21.0. The molecule has 1 saturated carbocycles. The number of aromatic hydroxyl groups is 1. The Morgan fingerprint density at radius 2 is 1.52 bits per heavy atom. The molecule has 2 saturated heterocycles. The van der Waals surface area contributed by atoms with E-state index in [0.29, 0.717) is 49.8 Å². The van der Waals surface area contributed by atoms with E-state index in [1.165, 1.54) is 29.2 Å². The second-order valence-electron chi connectivity index (χ2n) is 16.6. The molecule has 10 rings (SSSR count). The maximum absolute atomic E-state index is 15.6. The van der Waals surface area contributed by atoms with E-state index in [0.717, 1.165) is 21.7 Å². The molecule has 6 aromatic carbocycles. The van der Waals surface area contributed by atoms with Gasteiger partial charge in [-0.05, 0) is 114 Å². The number of amides is 4. The van der Waals surface area contributed by atoms with Crippen LogP contribution in [0.2, 0.25) is 5.02 Å². The number of rotatable bonds is 9. The van der Waals surface area contributed by atoms with Crippen molar-refractivity contribution in [1.82, 2.24) is 5.01 Å². The van der Waals surface area contributed by atoms with Gasteiger partial charge in [0.2, 0.25) is 11.8 Å². The molecule has 6 atom stereocenters. The first kappa shape index (κ1) is 40.8. The van der Waals surface area contributed by atoms with Crippen molar-refractivity contribution in [3.63, 3.8) is 0 Å². The average molecular weight is 874 g/mol. The van der Waals surface area contributed by atoms with Crippen LogP contribution >= 0.6 is 11.6 Å². The summed E-state index contributed by atoms with van der Waals surface area (Å²) in [6.07, 6.45) is 6.11. The first-order valence-corrected chi connectivity index (χ1v) is 21.4. The molecule has 0 radical (unpaired) electrons. The SMILES string of the molecule is COc1ccc(OC)c(C=Cc2ccc(N3C(=O)[C@H]4[C@H](CC=C5[C@H]4C[C@H]4C(=O)N(Nc6ccc(F)cc6)C(=O)[C@@]4(c4ccc(Cl)cc4)[C@H]5c4ccc(O)c5ccccc45)C3=O)cc2)c1. The number of anilines is 2. The molecule has 0 unspecified atom stereocenters. The number of halogens is 2. The molecule has 6 aromatic rings. The highest BCUT2D eigenvalue weighted by atomic mass is 35.5. The largest absolute Gasteiger partial charge is 0.507 e. The minimum Gasteiger partial charge on any atom is -0.507 e. The fraction of sp³-hybridized carbons (Fsp3) is 0.192. The Morgan fingerprint density at radius 3 is 2.23 bits per heavy atom. The van der Waals surface area contributed by atoms with E-state index in [1.54, 1.807) is 68.8 Å². The van der Waals surface area contributed by atoms with Crippen LogP contribution in [0.25, 0.3) is 22.9 Å². The number of benzene rings is 6. The molecule has 3 fully saturated rings. The number of methoxy groups -OCH3 is 2. The van der Waals surface area contributed by atoms with Crippen LogP contribution in [0.1, 0.15) is 41.0 Å². The van der Waals surface area contributed by atoms with Gasteiger partial charge in [0.05, 0.1) is 48.8 Å². The Morgan fingerprint density at radius 1 is 0.781 bits per heavy atom. The Hall–Kier alpha value is -7.24.